The number of hydrogen-bond donors (Lipinski definition) is 6. The molecular weight excluding hydrogens is 372 g/mol. The average molecular weight is 411 g/mol. The zero-order valence-electron chi connectivity index (χ0n) is 17.8. The van der Waals surface area contributed by atoms with Gasteiger partial charge in [-0.2, -0.15) is 0 Å². The molecule has 2 fully saturated rings. The van der Waals surface area contributed by atoms with Gasteiger partial charge in [0, 0.05) is 44.1 Å². The molecule has 2 aliphatic carbocycles. The number of hydrogen-bond acceptors (Lipinski definition) is 5. The van der Waals surface area contributed by atoms with Crippen LogP contribution in [0.2, 0.25) is 0 Å². The van der Waals surface area contributed by atoms with E-state index in [1.807, 2.05) is 6.92 Å². The summed E-state index contributed by atoms with van der Waals surface area (Å²) in [6.07, 6.45) is 6.91. The number of rotatable bonds is 9. The Hall–Kier alpha value is -1.87. The van der Waals surface area contributed by atoms with Crippen molar-refractivity contribution < 1.29 is 14.4 Å². The Labute approximate surface area is 173 Å². The van der Waals surface area contributed by atoms with Crippen LogP contribution in [0.4, 0.5) is 4.79 Å². The highest BCUT2D eigenvalue weighted by Crippen LogP contribution is 2.28. The van der Waals surface area contributed by atoms with E-state index in [9.17, 15) is 14.4 Å². The fourth-order valence-corrected chi connectivity index (χ4v) is 4.24. The lowest BCUT2D eigenvalue weighted by Gasteiger charge is -2.27. The van der Waals surface area contributed by atoms with E-state index in [4.69, 9.17) is 5.73 Å². The van der Waals surface area contributed by atoms with Gasteiger partial charge in [0.15, 0.2) is 0 Å². The minimum absolute atomic E-state index is 0.00815. The molecule has 0 spiro atoms. The van der Waals surface area contributed by atoms with Crippen LogP contribution < -0.4 is 32.5 Å². The molecule has 9 heteroatoms. The van der Waals surface area contributed by atoms with E-state index >= 15 is 0 Å². The van der Waals surface area contributed by atoms with Crippen molar-refractivity contribution in [1.29, 1.82) is 0 Å². The van der Waals surface area contributed by atoms with Gasteiger partial charge in [0.25, 0.3) is 0 Å². The van der Waals surface area contributed by atoms with Crippen molar-refractivity contribution in [3.8, 4) is 0 Å². The van der Waals surface area contributed by atoms with Gasteiger partial charge in [0.1, 0.15) is 0 Å². The third-order valence-corrected chi connectivity index (χ3v) is 6.25. The number of urea groups is 1. The minimum atomic E-state index is -0.277. The Morgan fingerprint density at radius 1 is 1.00 bits per heavy atom. The molecule has 0 unspecified atom stereocenters. The van der Waals surface area contributed by atoms with Crippen LogP contribution in [0.5, 0.6) is 0 Å². The molecule has 3 atom stereocenters. The van der Waals surface area contributed by atoms with Gasteiger partial charge in [0.2, 0.25) is 11.8 Å². The highest BCUT2D eigenvalue weighted by molar-refractivity contribution is 5.79. The van der Waals surface area contributed by atoms with Crippen molar-refractivity contribution in [2.24, 2.45) is 23.5 Å². The predicted molar refractivity (Wildman–Crippen MR) is 112 cm³/mol. The number of hydrazine groups is 1. The van der Waals surface area contributed by atoms with Gasteiger partial charge in [-0.3, -0.25) is 15.0 Å². The maximum Gasteiger partial charge on any atom is 0.329 e. The van der Waals surface area contributed by atoms with E-state index in [1.165, 1.54) is 0 Å². The molecule has 0 heterocycles. The molecule has 2 saturated carbocycles. The molecule has 0 bridgehead atoms. The fraction of sp³-hybridized carbons (Fsp3) is 0.850. The highest BCUT2D eigenvalue weighted by atomic mass is 16.2. The average Bonchev–Trinajstić information content (AvgIpc) is 3.17. The highest BCUT2D eigenvalue weighted by Gasteiger charge is 2.29. The Morgan fingerprint density at radius 2 is 1.69 bits per heavy atom. The Bertz CT molecular complexity index is 550. The smallest absolute Gasteiger partial charge is 0.329 e. The van der Waals surface area contributed by atoms with Gasteiger partial charge < -0.3 is 21.7 Å². The van der Waals surface area contributed by atoms with E-state index in [1.54, 1.807) is 7.05 Å². The maximum absolute atomic E-state index is 12.3. The molecule has 0 aromatic rings. The summed E-state index contributed by atoms with van der Waals surface area (Å²) in [5, 5.41) is 8.63. The molecule has 0 radical (unpaired) electrons. The lowest BCUT2D eigenvalue weighted by Crippen LogP contribution is -2.51. The third kappa shape index (κ3) is 7.81. The van der Waals surface area contributed by atoms with Gasteiger partial charge in [0.05, 0.1) is 0 Å². The summed E-state index contributed by atoms with van der Waals surface area (Å²) in [5.74, 6) is 0.693. The molecule has 0 aliphatic heterocycles. The van der Waals surface area contributed by atoms with Gasteiger partial charge in [-0.25, -0.2) is 10.2 Å². The first-order chi connectivity index (χ1) is 13.9. The van der Waals surface area contributed by atoms with Crippen molar-refractivity contribution in [1.82, 2.24) is 26.8 Å². The number of carbonyl (C=O) groups is 3. The largest absolute Gasteiger partial charge is 0.359 e. The second kappa shape index (κ2) is 12.0. The van der Waals surface area contributed by atoms with Crippen LogP contribution >= 0.6 is 0 Å². The molecule has 4 amide bonds. The molecule has 7 N–H and O–H groups in total. The summed E-state index contributed by atoms with van der Waals surface area (Å²) < 4.78 is 0. The van der Waals surface area contributed by atoms with Crippen molar-refractivity contribution in [3.05, 3.63) is 0 Å². The zero-order chi connectivity index (χ0) is 21.2. The SMILES string of the molecule is CC[C@@H](CNNC(=O)NCC1CCC(C(=O)NC)CC1)NC(=O)[C@H]1CC[C@H](N)C1. The summed E-state index contributed by atoms with van der Waals surface area (Å²) in [6, 6.07) is -0.186. The van der Waals surface area contributed by atoms with Crippen LogP contribution in [0.15, 0.2) is 0 Å². The second-order valence-corrected chi connectivity index (χ2v) is 8.43. The first-order valence-corrected chi connectivity index (χ1v) is 11.0. The number of amides is 4. The van der Waals surface area contributed by atoms with Gasteiger partial charge in [-0.1, -0.05) is 6.92 Å². The molecule has 0 saturated heterocycles. The Morgan fingerprint density at radius 3 is 2.28 bits per heavy atom. The lowest BCUT2D eigenvalue weighted by atomic mass is 9.81. The van der Waals surface area contributed by atoms with E-state index in [-0.39, 0.29) is 41.8 Å². The molecular formula is C20H38N6O3. The van der Waals surface area contributed by atoms with E-state index in [2.05, 4.69) is 26.8 Å². The Balaban J connectivity index is 1.57. The predicted octanol–water partition coefficient (Wildman–Crippen LogP) is 0.365. The van der Waals surface area contributed by atoms with Crippen LogP contribution in [0, 0.1) is 17.8 Å². The minimum Gasteiger partial charge on any atom is -0.359 e. The molecule has 2 rings (SSSR count). The molecule has 166 valence electrons. The normalized spacial score (nSPS) is 27.7. The summed E-state index contributed by atoms with van der Waals surface area (Å²) in [4.78, 5) is 36.0. The van der Waals surface area contributed by atoms with Gasteiger partial charge >= 0.3 is 6.03 Å². The molecule has 0 aromatic heterocycles. The van der Waals surface area contributed by atoms with Crippen LogP contribution in [0.1, 0.15) is 58.3 Å². The third-order valence-electron chi connectivity index (χ3n) is 6.25. The van der Waals surface area contributed by atoms with Crippen molar-refractivity contribution in [2.75, 3.05) is 20.1 Å². The first-order valence-electron chi connectivity index (χ1n) is 11.0. The van der Waals surface area contributed by atoms with Crippen molar-refractivity contribution in [3.63, 3.8) is 0 Å². The quantitative estimate of drug-likeness (QED) is 0.305. The van der Waals surface area contributed by atoms with Crippen LogP contribution in [0.25, 0.3) is 0 Å². The standard InChI is InChI=1S/C20H38N6O3/c1-3-17(25-19(28)15-8-9-16(21)10-15)12-24-26-20(29)23-11-13-4-6-14(7-5-13)18(27)22-2/h13-17,24H,3-12,21H2,1-2H3,(H,22,27)(H,25,28)(H2,23,26,29)/t13?,14?,15-,16-,17-/m0/s1. The lowest BCUT2D eigenvalue weighted by molar-refractivity contribution is -0.126. The number of nitrogens with one attached hydrogen (secondary N) is 5. The molecule has 29 heavy (non-hydrogen) atoms. The summed E-state index contributed by atoms with van der Waals surface area (Å²) in [7, 11) is 1.67. The molecule has 2 aliphatic rings. The number of carbonyl (C=O) groups excluding carboxylic acids is 3. The molecule has 0 aromatic carbocycles. The van der Waals surface area contributed by atoms with Gasteiger partial charge in [-0.05, 0) is 57.3 Å². The summed E-state index contributed by atoms with van der Waals surface area (Å²) in [5.41, 5.74) is 11.4. The Kier molecular flexibility index (Phi) is 9.66. The van der Waals surface area contributed by atoms with Crippen LogP contribution in [-0.4, -0.2) is 50.1 Å². The fourth-order valence-electron chi connectivity index (χ4n) is 4.24. The monoisotopic (exact) mass is 410 g/mol. The molecule has 9 nitrogen and oxygen atoms in total. The van der Waals surface area contributed by atoms with Crippen molar-refractivity contribution in [2.45, 2.75) is 70.4 Å². The second-order valence-electron chi connectivity index (χ2n) is 8.43. The van der Waals surface area contributed by atoms with E-state index < -0.39 is 0 Å². The van der Waals surface area contributed by atoms with Crippen LogP contribution in [0.3, 0.4) is 0 Å². The van der Waals surface area contributed by atoms with Crippen LogP contribution in [-0.2, 0) is 9.59 Å². The maximum atomic E-state index is 12.3. The topological polar surface area (TPSA) is 137 Å². The van der Waals surface area contributed by atoms with Crippen molar-refractivity contribution >= 4 is 17.8 Å². The summed E-state index contributed by atoms with van der Waals surface area (Å²) in [6.45, 7) is 3.07. The first kappa shape index (κ1) is 23.4. The van der Waals surface area contributed by atoms with E-state index in [0.717, 1.165) is 51.4 Å². The van der Waals surface area contributed by atoms with E-state index in [0.29, 0.717) is 19.0 Å². The number of nitrogens with two attached hydrogens (primary N) is 1. The van der Waals surface area contributed by atoms with Gasteiger partial charge in [-0.15, -0.1) is 0 Å². The summed E-state index contributed by atoms with van der Waals surface area (Å²) >= 11 is 0. The zero-order valence-corrected chi connectivity index (χ0v) is 17.8.